The number of H-pyrrole nitrogens is 1. The molecular weight excluding hydrogens is 294 g/mol. The predicted octanol–water partition coefficient (Wildman–Crippen LogP) is 1.71. The number of aromatic nitrogens is 3. The summed E-state index contributed by atoms with van der Waals surface area (Å²) >= 11 is 0. The van der Waals surface area contributed by atoms with Gasteiger partial charge in [-0.1, -0.05) is 0 Å². The van der Waals surface area contributed by atoms with Gasteiger partial charge in [-0.05, 0) is 25.8 Å². The van der Waals surface area contributed by atoms with Crippen LogP contribution >= 0.6 is 0 Å². The van der Waals surface area contributed by atoms with Crippen molar-refractivity contribution in [1.82, 2.24) is 20.1 Å². The van der Waals surface area contributed by atoms with Crippen LogP contribution in [0.4, 0.5) is 5.82 Å². The molecule has 23 heavy (non-hydrogen) atoms. The van der Waals surface area contributed by atoms with E-state index in [1.54, 1.807) is 13.3 Å². The molecule has 0 aromatic carbocycles. The van der Waals surface area contributed by atoms with Crippen LogP contribution in [0.5, 0.6) is 0 Å². The first kappa shape index (κ1) is 15.7. The van der Waals surface area contributed by atoms with Crippen LogP contribution in [-0.2, 0) is 9.53 Å². The molecule has 7 heteroatoms. The van der Waals surface area contributed by atoms with Crippen molar-refractivity contribution in [3.8, 4) is 0 Å². The molecular formula is C16H23N5O2. The normalized spacial score (nSPS) is 16.0. The number of anilines is 1. The third kappa shape index (κ3) is 3.44. The Morgan fingerprint density at radius 3 is 3.00 bits per heavy atom. The van der Waals surface area contributed by atoms with E-state index < -0.39 is 0 Å². The molecule has 1 saturated heterocycles. The number of aromatic amines is 1. The summed E-state index contributed by atoms with van der Waals surface area (Å²) in [6.07, 6.45) is 4.08. The molecule has 0 radical (unpaired) electrons. The number of amides is 1. The van der Waals surface area contributed by atoms with E-state index in [9.17, 15) is 4.79 Å². The zero-order valence-corrected chi connectivity index (χ0v) is 13.6. The average molecular weight is 317 g/mol. The zero-order chi connectivity index (χ0) is 16.2. The summed E-state index contributed by atoms with van der Waals surface area (Å²) < 4.78 is 4.97. The van der Waals surface area contributed by atoms with Crippen LogP contribution in [0.2, 0.25) is 0 Å². The number of hydrogen-bond donors (Lipinski definition) is 2. The van der Waals surface area contributed by atoms with Gasteiger partial charge in [0.2, 0.25) is 5.91 Å². The van der Waals surface area contributed by atoms with E-state index in [-0.39, 0.29) is 5.91 Å². The first-order valence-electron chi connectivity index (χ1n) is 8.02. The molecule has 0 saturated carbocycles. The number of carbonyl (C=O) groups excluding carboxylic acids is 1. The van der Waals surface area contributed by atoms with E-state index in [1.165, 1.54) is 0 Å². The summed E-state index contributed by atoms with van der Waals surface area (Å²) in [5, 5.41) is 11.8. The Hall–Kier alpha value is -2.15. The first-order valence-corrected chi connectivity index (χ1v) is 8.02. The maximum Gasteiger partial charge on any atom is 0.224 e. The molecule has 7 nitrogen and oxygen atoms in total. The number of hydrogen-bond acceptors (Lipinski definition) is 5. The third-order valence-electron chi connectivity index (χ3n) is 4.36. The number of pyridine rings is 1. The van der Waals surface area contributed by atoms with Crippen molar-refractivity contribution in [3.05, 3.63) is 18.0 Å². The fraction of sp³-hybridized carbons (Fsp3) is 0.562. The monoisotopic (exact) mass is 317 g/mol. The number of rotatable bonds is 5. The standard InChI is InChI=1S/C16H23N5O2/c1-11-15-13(20-19-11)3-7-17-16(15)18-12-4-8-21(9-5-12)14(22)6-10-23-2/h3,7,12H,4-6,8-10H2,1-2H3,(H,17,18)(H,19,20). The van der Waals surface area contributed by atoms with Crippen molar-refractivity contribution in [2.75, 3.05) is 32.1 Å². The minimum Gasteiger partial charge on any atom is -0.384 e. The third-order valence-corrected chi connectivity index (χ3v) is 4.36. The minimum absolute atomic E-state index is 0.177. The van der Waals surface area contributed by atoms with Gasteiger partial charge in [0.05, 0.1) is 23.9 Å². The Morgan fingerprint density at radius 1 is 1.48 bits per heavy atom. The van der Waals surface area contributed by atoms with Crippen molar-refractivity contribution in [3.63, 3.8) is 0 Å². The largest absolute Gasteiger partial charge is 0.384 e. The lowest BCUT2D eigenvalue weighted by atomic mass is 10.0. The van der Waals surface area contributed by atoms with Crippen molar-refractivity contribution in [2.45, 2.75) is 32.2 Å². The molecule has 3 rings (SSSR count). The molecule has 0 spiro atoms. The van der Waals surface area contributed by atoms with Crippen molar-refractivity contribution in [2.24, 2.45) is 0 Å². The van der Waals surface area contributed by atoms with Gasteiger partial charge < -0.3 is 15.0 Å². The Bertz CT molecular complexity index is 676. The van der Waals surface area contributed by atoms with E-state index in [4.69, 9.17) is 4.74 Å². The number of nitrogens with zero attached hydrogens (tertiary/aromatic N) is 3. The highest BCUT2D eigenvalue weighted by Crippen LogP contribution is 2.24. The van der Waals surface area contributed by atoms with Gasteiger partial charge in [0.1, 0.15) is 5.82 Å². The summed E-state index contributed by atoms with van der Waals surface area (Å²) in [5.41, 5.74) is 1.94. The molecule has 0 bridgehead atoms. The van der Waals surface area contributed by atoms with E-state index in [2.05, 4.69) is 20.5 Å². The Morgan fingerprint density at radius 2 is 2.26 bits per heavy atom. The van der Waals surface area contributed by atoms with Crippen LogP contribution in [0.25, 0.3) is 10.9 Å². The summed E-state index contributed by atoms with van der Waals surface area (Å²) in [6.45, 7) is 4.04. The number of nitrogens with one attached hydrogen (secondary N) is 2. The van der Waals surface area contributed by atoms with Gasteiger partial charge in [-0.2, -0.15) is 5.10 Å². The molecule has 1 fully saturated rings. The van der Waals surface area contributed by atoms with E-state index >= 15 is 0 Å². The molecule has 124 valence electrons. The van der Waals surface area contributed by atoms with E-state index in [0.717, 1.165) is 48.3 Å². The second kappa shape index (κ2) is 6.95. The van der Waals surface area contributed by atoms with Gasteiger partial charge in [0.15, 0.2) is 0 Å². The quantitative estimate of drug-likeness (QED) is 0.877. The average Bonchev–Trinajstić information content (AvgIpc) is 2.96. The van der Waals surface area contributed by atoms with Crippen molar-refractivity contribution < 1.29 is 9.53 Å². The van der Waals surface area contributed by atoms with Crippen LogP contribution in [0.3, 0.4) is 0 Å². The fourth-order valence-corrected chi connectivity index (χ4v) is 3.04. The number of fused-ring (bicyclic) bond motifs is 1. The van der Waals surface area contributed by atoms with Gasteiger partial charge in [-0.15, -0.1) is 0 Å². The second-order valence-corrected chi connectivity index (χ2v) is 5.94. The molecule has 1 aliphatic heterocycles. The Kier molecular flexibility index (Phi) is 4.76. The number of likely N-dealkylation sites (tertiary alicyclic amines) is 1. The summed E-state index contributed by atoms with van der Waals surface area (Å²) in [5.74, 6) is 1.05. The lowest BCUT2D eigenvalue weighted by Gasteiger charge is -2.32. The predicted molar refractivity (Wildman–Crippen MR) is 88.3 cm³/mol. The van der Waals surface area contributed by atoms with Crippen LogP contribution < -0.4 is 5.32 Å². The fourth-order valence-electron chi connectivity index (χ4n) is 3.04. The molecule has 2 aromatic heterocycles. The smallest absolute Gasteiger partial charge is 0.224 e. The van der Waals surface area contributed by atoms with Crippen LogP contribution in [0.1, 0.15) is 25.0 Å². The van der Waals surface area contributed by atoms with Crippen LogP contribution in [0, 0.1) is 6.92 Å². The van der Waals surface area contributed by atoms with Gasteiger partial charge in [-0.3, -0.25) is 9.89 Å². The SMILES string of the molecule is COCCC(=O)N1CCC(Nc2nccc3n[nH]c(C)c23)CC1. The van der Waals surface area contributed by atoms with E-state index in [0.29, 0.717) is 19.1 Å². The molecule has 2 N–H and O–H groups in total. The summed E-state index contributed by atoms with van der Waals surface area (Å²) in [4.78, 5) is 18.4. The molecule has 0 unspecified atom stereocenters. The number of aryl methyl sites for hydroxylation is 1. The number of methoxy groups -OCH3 is 1. The highest BCUT2D eigenvalue weighted by Gasteiger charge is 2.23. The number of carbonyl (C=O) groups is 1. The van der Waals surface area contributed by atoms with Crippen molar-refractivity contribution >= 4 is 22.6 Å². The maximum absolute atomic E-state index is 12.0. The van der Waals surface area contributed by atoms with Crippen LogP contribution in [-0.4, -0.2) is 58.8 Å². The lowest BCUT2D eigenvalue weighted by Crippen LogP contribution is -2.42. The van der Waals surface area contributed by atoms with Gasteiger partial charge in [-0.25, -0.2) is 4.98 Å². The molecule has 0 aliphatic carbocycles. The summed E-state index contributed by atoms with van der Waals surface area (Å²) in [6, 6.07) is 2.23. The number of piperidine rings is 1. The maximum atomic E-state index is 12.0. The molecule has 1 amide bonds. The van der Waals surface area contributed by atoms with Gasteiger partial charge in [0, 0.05) is 38.1 Å². The second-order valence-electron chi connectivity index (χ2n) is 5.94. The molecule has 2 aromatic rings. The topological polar surface area (TPSA) is 83.1 Å². The van der Waals surface area contributed by atoms with Gasteiger partial charge >= 0.3 is 0 Å². The Labute approximate surface area is 135 Å². The molecule has 0 atom stereocenters. The van der Waals surface area contributed by atoms with Gasteiger partial charge in [0.25, 0.3) is 0 Å². The molecule has 1 aliphatic rings. The first-order chi connectivity index (χ1) is 11.2. The zero-order valence-electron chi connectivity index (χ0n) is 13.6. The highest BCUT2D eigenvalue weighted by atomic mass is 16.5. The Balaban J connectivity index is 1.60. The summed E-state index contributed by atoms with van der Waals surface area (Å²) in [7, 11) is 1.62. The lowest BCUT2D eigenvalue weighted by molar-refractivity contribution is -0.133. The number of ether oxygens (including phenoxy) is 1. The highest BCUT2D eigenvalue weighted by molar-refractivity contribution is 5.91. The molecule has 3 heterocycles. The minimum atomic E-state index is 0.177. The van der Waals surface area contributed by atoms with Crippen molar-refractivity contribution in [1.29, 1.82) is 0 Å². The van der Waals surface area contributed by atoms with Crippen LogP contribution in [0.15, 0.2) is 12.3 Å². The van der Waals surface area contributed by atoms with E-state index in [1.807, 2.05) is 17.9 Å².